The molecule has 0 saturated heterocycles. The third kappa shape index (κ3) is 2.49. The molecule has 0 aliphatic heterocycles. The van der Waals surface area contributed by atoms with E-state index in [1.807, 2.05) is 51.2 Å². The highest BCUT2D eigenvalue weighted by Crippen LogP contribution is 2.40. The van der Waals surface area contributed by atoms with E-state index in [1.165, 1.54) is 24.2 Å². The van der Waals surface area contributed by atoms with Gasteiger partial charge < -0.3 is 4.90 Å². The van der Waals surface area contributed by atoms with Gasteiger partial charge >= 0.3 is 0 Å². The minimum absolute atomic E-state index is 0.00840. The lowest BCUT2D eigenvalue weighted by Crippen LogP contribution is -2.25. The molecule has 2 aromatic heterocycles. The number of hydrogen-bond acceptors (Lipinski definition) is 4. The molecule has 0 radical (unpaired) electrons. The van der Waals surface area contributed by atoms with Crippen molar-refractivity contribution >= 4 is 33.1 Å². The Hall–Kier alpha value is -2.27. The Balaban J connectivity index is 1.77. The number of nitrogens with zero attached hydrogens (tertiary/aromatic N) is 3. The molecule has 4 nitrogen and oxygen atoms in total. The van der Waals surface area contributed by atoms with Gasteiger partial charge in [-0.15, -0.1) is 11.3 Å². The first-order valence-corrected chi connectivity index (χ1v) is 8.98. The molecule has 1 saturated carbocycles. The monoisotopic (exact) mass is 337 g/mol. The summed E-state index contributed by atoms with van der Waals surface area (Å²) in [7, 11) is 1.82. The van der Waals surface area contributed by atoms with Gasteiger partial charge in [0.15, 0.2) is 0 Å². The van der Waals surface area contributed by atoms with Gasteiger partial charge in [-0.3, -0.25) is 4.79 Å². The van der Waals surface area contributed by atoms with Crippen LogP contribution in [0.1, 0.15) is 45.5 Å². The molecule has 5 heteroatoms. The predicted molar refractivity (Wildman–Crippen MR) is 98.0 cm³/mol. The minimum Gasteiger partial charge on any atom is -0.311 e. The Bertz CT molecular complexity index is 929. The minimum atomic E-state index is 0.00840. The highest BCUT2D eigenvalue weighted by Gasteiger charge is 2.29. The highest BCUT2D eigenvalue weighted by atomic mass is 32.1. The number of aromatic nitrogens is 2. The zero-order chi connectivity index (χ0) is 16.8. The number of carbonyl (C=O) groups excluding carboxylic acids is 1. The maximum Gasteiger partial charge on any atom is 0.268 e. The quantitative estimate of drug-likeness (QED) is 0.709. The molecular formula is C19H19N3OS. The summed E-state index contributed by atoms with van der Waals surface area (Å²) in [6.07, 6.45) is 2.36. The molecule has 122 valence electrons. The van der Waals surface area contributed by atoms with Gasteiger partial charge in [0.05, 0.1) is 10.6 Å². The van der Waals surface area contributed by atoms with Crippen molar-refractivity contribution in [1.29, 1.82) is 0 Å². The van der Waals surface area contributed by atoms with Crippen LogP contribution in [0, 0.1) is 13.8 Å². The average molecular weight is 337 g/mol. The van der Waals surface area contributed by atoms with Crippen LogP contribution in [-0.4, -0.2) is 22.9 Å². The average Bonchev–Trinajstić information content (AvgIpc) is 3.38. The zero-order valence-corrected chi connectivity index (χ0v) is 14.9. The zero-order valence-electron chi connectivity index (χ0n) is 14.0. The Morgan fingerprint density at radius 1 is 1.17 bits per heavy atom. The lowest BCUT2D eigenvalue weighted by Gasteiger charge is -2.16. The number of carbonyl (C=O) groups is 1. The van der Waals surface area contributed by atoms with Gasteiger partial charge in [0, 0.05) is 24.0 Å². The van der Waals surface area contributed by atoms with E-state index < -0.39 is 0 Å². The molecule has 0 bridgehead atoms. The molecule has 1 aromatic carbocycles. The summed E-state index contributed by atoms with van der Waals surface area (Å²) in [5.41, 5.74) is 2.86. The van der Waals surface area contributed by atoms with Gasteiger partial charge in [-0.2, -0.15) is 0 Å². The van der Waals surface area contributed by atoms with Crippen LogP contribution in [0.4, 0.5) is 5.69 Å². The van der Waals surface area contributed by atoms with Crippen molar-refractivity contribution in [1.82, 2.24) is 9.97 Å². The van der Waals surface area contributed by atoms with E-state index in [9.17, 15) is 4.79 Å². The van der Waals surface area contributed by atoms with E-state index in [0.29, 0.717) is 5.92 Å². The number of benzene rings is 1. The van der Waals surface area contributed by atoms with Gasteiger partial charge in [-0.05, 0) is 44.4 Å². The number of fused-ring (bicyclic) bond motifs is 1. The normalized spacial score (nSPS) is 14.1. The topological polar surface area (TPSA) is 46.1 Å². The fourth-order valence-electron chi connectivity index (χ4n) is 3.01. The number of aryl methyl sites for hydroxylation is 2. The van der Waals surface area contributed by atoms with Crippen molar-refractivity contribution in [2.24, 2.45) is 0 Å². The van der Waals surface area contributed by atoms with E-state index in [0.717, 1.165) is 37.9 Å². The Kier molecular flexibility index (Phi) is 3.61. The number of thiophene rings is 1. The third-order valence-corrected chi connectivity index (χ3v) is 5.75. The van der Waals surface area contributed by atoms with E-state index in [4.69, 9.17) is 4.98 Å². The largest absolute Gasteiger partial charge is 0.311 e. The van der Waals surface area contributed by atoms with Crippen LogP contribution in [0.2, 0.25) is 0 Å². The van der Waals surface area contributed by atoms with Crippen LogP contribution >= 0.6 is 11.3 Å². The SMILES string of the molecule is Cc1nc(C2CC2)nc2sc(C(=O)N(C)c3ccccc3)c(C)c12. The molecule has 0 unspecified atom stereocenters. The van der Waals surface area contributed by atoms with E-state index in [-0.39, 0.29) is 5.91 Å². The van der Waals surface area contributed by atoms with Crippen LogP contribution in [-0.2, 0) is 0 Å². The predicted octanol–water partition coefficient (Wildman–Crippen LogP) is 4.46. The van der Waals surface area contributed by atoms with E-state index >= 15 is 0 Å². The first kappa shape index (κ1) is 15.3. The number of rotatable bonds is 3. The first-order valence-electron chi connectivity index (χ1n) is 8.17. The smallest absolute Gasteiger partial charge is 0.268 e. The number of amides is 1. The second-order valence-electron chi connectivity index (χ2n) is 6.38. The molecule has 1 amide bonds. The summed E-state index contributed by atoms with van der Waals surface area (Å²) in [6, 6.07) is 9.71. The van der Waals surface area contributed by atoms with Gasteiger partial charge in [-0.1, -0.05) is 18.2 Å². The second kappa shape index (κ2) is 5.67. The van der Waals surface area contributed by atoms with Gasteiger partial charge in [-0.25, -0.2) is 9.97 Å². The van der Waals surface area contributed by atoms with Crippen LogP contribution in [0.25, 0.3) is 10.2 Å². The molecule has 1 aliphatic carbocycles. The van der Waals surface area contributed by atoms with Crippen molar-refractivity contribution in [3.63, 3.8) is 0 Å². The highest BCUT2D eigenvalue weighted by molar-refractivity contribution is 7.20. The summed E-state index contributed by atoms with van der Waals surface area (Å²) in [5.74, 6) is 1.47. The molecule has 0 spiro atoms. The molecule has 0 N–H and O–H groups in total. The number of hydrogen-bond donors (Lipinski definition) is 0. The summed E-state index contributed by atoms with van der Waals surface area (Å²) in [5, 5.41) is 1.04. The summed E-state index contributed by atoms with van der Waals surface area (Å²) in [6.45, 7) is 4.02. The van der Waals surface area contributed by atoms with Crippen LogP contribution in [0.3, 0.4) is 0 Å². The molecule has 0 atom stereocenters. The maximum absolute atomic E-state index is 13.0. The van der Waals surface area contributed by atoms with Gasteiger partial charge in [0.1, 0.15) is 10.7 Å². The number of para-hydroxylation sites is 1. The van der Waals surface area contributed by atoms with Crippen LogP contribution in [0.5, 0.6) is 0 Å². The van der Waals surface area contributed by atoms with Crippen molar-refractivity contribution in [3.8, 4) is 0 Å². The summed E-state index contributed by atoms with van der Waals surface area (Å²) < 4.78 is 0. The lowest BCUT2D eigenvalue weighted by molar-refractivity contribution is 0.0996. The van der Waals surface area contributed by atoms with Crippen LogP contribution in [0.15, 0.2) is 30.3 Å². The molecule has 2 heterocycles. The van der Waals surface area contributed by atoms with Gasteiger partial charge in [0.25, 0.3) is 5.91 Å². The Morgan fingerprint density at radius 2 is 1.88 bits per heavy atom. The van der Waals surface area contributed by atoms with Crippen molar-refractivity contribution in [2.45, 2.75) is 32.6 Å². The van der Waals surface area contributed by atoms with E-state index in [2.05, 4.69) is 4.98 Å². The molecular weight excluding hydrogens is 318 g/mol. The standard InChI is InChI=1S/C19H19N3OS/c1-11-15-12(2)20-17(13-9-10-13)21-18(15)24-16(11)19(23)22(3)14-7-5-4-6-8-14/h4-8,13H,9-10H2,1-3H3. The van der Waals surface area contributed by atoms with Crippen molar-refractivity contribution in [2.75, 3.05) is 11.9 Å². The Labute approximate surface area is 145 Å². The number of anilines is 1. The third-order valence-electron chi connectivity index (χ3n) is 4.57. The fourth-order valence-corrected chi connectivity index (χ4v) is 4.22. The van der Waals surface area contributed by atoms with Crippen molar-refractivity contribution < 1.29 is 4.79 Å². The lowest BCUT2D eigenvalue weighted by atomic mass is 10.1. The van der Waals surface area contributed by atoms with Crippen molar-refractivity contribution in [3.05, 3.63) is 52.3 Å². The Morgan fingerprint density at radius 3 is 2.54 bits per heavy atom. The molecule has 24 heavy (non-hydrogen) atoms. The molecule has 1 fully saturated rings. The first-order chi connectivity index (χ1) is 11.6. The second-order valence-corrected chi connectivity index (χ2v) is 7.38. The fraction of sp³-hybridized carbons (Fsp3) is 0.316. The molecule has 3 aromatic rings. The van der Waals surface area contributed by atoms with Gasteiger partial charge in [0.2, 0.25) is 0 Å². The summed E-state index contributed by atoms with van der Waals surface area (Å²) >= 11 is 1.49. The summed E-state index contributed by atoms with van der Waals surface area (Å²) in [4.78, 5) is 25.8. The van der Waals surface area contributed by atoms with E-state index in [1.54, 1.807) is 4.90 Å². The maximum atomic E-state index is 13.0. The molecule has 4 rings (SSSR count). The van der Waals surface area contributed by atoms with Crippen LogP contribution < -0.4 is 4.90 Å². The molecule has 1 aliphatic rings.